The van der Waals surface area contributed by atoms with Crippen LogP contribution in [0, 0.1) is 0 Å². The largest absolute Gasteiger partial charge is 0.488 e. The van der Waals surface area contributed by atoms with E-state index in [2.05, 4.69) is 0 Å². The summed E-state index contributed by atoms with van der Waals surface area (Å²) >= 11 is 6.28. The van der Waals surface area contributed by atoms with Gasteiger partial charge in [0, 0.05) is 11.4 Å². The van der Waals surface area contributed by atoms with E-state index in [-0.39, 0.29) is 58.6 Å². The molecule has 2 aromatic rings. The molecule has 0 amide bonds. The van der Waals surface area contributed by atoms with Gasteiger partial charge in [-0.15, -0.1) is 0 Å². The number of hydrogen-bond acceptors (Lipinski definition) is 8. The zero-order valence-electron chi connectivity index (χ0n) is 21.1. The number of ether oxygens (including phenoxy) is 2. The van der Waals surface area contributed by atoms with Crippen LogP contribution in [0.15, 0.2) is 42.4 Å². The van der Waals surface area contributed by atoms with Crippen molar-refractivity contribution in [3.05, 3.63) is 64.1 Å². The fourth-order valence-electron chi connectivity index (χ4n) is 3.27. The van der Waals surface area contributed by atoms with Gasteiger partial charge in [-0.2, -0.15) is 0 Å². The molecule has 9 heteroatoms. The highest BCUT2D eigenvalue weighted by molar-refractivity contribution is 6.31. The van der Waals surface area contributed by atoms with Crippen molar-refractivity contribution in [3.63, 3.8) is 0 Å². The summed E-state index contributed by atoms with van der Waals surface area (Å²) in [6, 6.07) is 2.79. The van der Waals surface area contributed by atoms with Crippen molar-refractivity contribution in [2.75, 3.05) is 19.8 Å². The Labute approximate surface area is 196 Å². The van der Waals surface area contributed by atoms with Gasteiger partial charge in [0.25, 0.3) is 0 Å². The molecule has 1 aliphatic heterocycles. The molecule has 6 N–H and O–H groups in total. The predicted molar refractivity (Wildman–Crippen MR) is 117 cm³/mol. The van der Waals surface area contributed by atoms with E-state index in [4.69, 9.17) is 31.7 Å². The third-order valence-corrected chi connectivity index (χ3v) is 5.58. The summed E-state index contributed by atoms with van der Waals surface area (Å²) in [6.07, 6.45) is -9.26. The van der Waals surface area contributed by atoms with Crippen molar-refractivity contribution < 1.29 is 45.6 Å². The first kappa shape index (κ1) is 19.7. The summed E-state index contributed by atoms with van der Waals surface area (Å²) in [5, 5.41) is 59.3. The van der Waals surface area contributed by atoms with Crippen LogP contribution in [0.1, 0.15) is 34.7 Å². The molecule has 0 radical (unpaired) electrons. The molecule has 0 aliphatic carbocycles. The van der Waals surface area contributed by atoms with E-state index in [1.807, 2.05) is 0 Å². The average molecular weight is 473 g/mol. The molecule has 1 heterocycles. The SMILES string of the molecule is [2H]c1c([2H])c(O[C@H]2CCOC2)c([2H])c([2H])c1Cc1cc([C@@H](O)[C@H](O)[C@@H](O)[C@H](O)[C@H](O)CO)ccc1Cl. The van der Waals surface area contributed by atoms with E-state index in [9.17, 15) is 25.5 Å². The number of aliphatic hydroxyl groups is 6. The molecule has 0 unspecified atom stereocenters. The van der Waals surface area contributed by atoms with Crippen molar-refractivity contribution in [2.24, 2.45) is 0 Å². The molecule has 2 aromatic carbocycles. The second-order valence-corrected chi connectivity index (χ2v) is 8.01. The van der Waals surface area contributed by atoms with Crippen LogP contribution < -0.4 is 4.74 Å². The highest BCUT2D eigenvalue weighted by Gasteiger charge is 2.34. The van der Waals surface area contributed by atoms with Gasteiger partial charge in [0.15, 0.2) is 0 Å². The van der Waals surface area contributed by atoms with Gasteiger partial charge in [-0.25, -0.2) is 0 Å². The van der Waals surface area contributed by atoms with Crippen LogP contribution in [0.2, 0.25) is 5.02 Å². The Balaban J connectivity index is 1.88. The monoisotopic (exact) mass is 472 g/mol. The van der Waals surface area contributed by atoms with Crippen molar-refractivity contribution in [3.8, 4) is 5.75 Å². The molecule has 0 spiro atoms. The van der Waals surface area contributed by atoms with Crippen molar-refractivity contribution in [1.82, 2.24) is 0 Å². The van der Waals surface area contributed by atoms with Crippen LogP contribution in [-0.2, 0) is 11.2 Å². The maximum Gasteiger partial charge on any atom is 0.124 e. The minimum Gasteiger partial charge on any atom is -0.488 e. The van der Waals surface area contributed by atoms with Gasteiger partial charge >= 0.3 is 0 Å². The molecule has 6 atom stereocenters. The van der Waals surface area contributed by atoms with Gasteiger partial charge in [-0.3, -0.25) is 0 Å². The quantitative estimate of drug-likeness (QED) is 0.295. The zero-order chi connectivity index (χ0) is 26.7. The summed E-state index contributed by atoms with van der Waals surface area (Å²) in [4.78, 5) is 0. The molecule has 0 saturated carbocycles. The number of aliphatic hydroxyl groups excluding tert-OH is 6. The normalized spacial score (nSPS) is 22.8. The van der Waals surface area contributed by atoms with Crippen LogP contribution in [0.5, 0.6) is 5.75 Å². The Morgan fingerprint density at radius 1 is 1.06 bits per heavy atom. The van der Waals surface area contributed by atoms with Crippen LogP contribution in [0.3, 0.4) is 0 Å². The number of rotatable bonds is 10. The summed E-state index contributed by atoms with van der Waals surface area (Å²) in [5.74, 6) is -0.166. The predicted octanol–water partition coefficient (Wildman–Crippen LogP) is 0.568. The average Bonchev–Trinajstić information content (AvgIpc) is 3.40. The summed E-state index contributed by atoms with van der Waals surface area (Å²) in [5.41, 5.74) is 0.420. The van der Waals surface area contributed by atoms with E-state index in [1.165, 1.54) is 18.2 Å². The van der Waals surface area contributed by atoms with E-state index >= 15 is 0 Å². The van der Waals surface area contributed by atoms with Crippen LogP contribution in [0.4, 0.5) is 0 Å². The second-order valence-electron chi connectivity index (χ2n) is 7.61. The summed E-state index contributed by atoms with van der Waals surface area (Å²) in [7, 11) is 0. The molecular weight excluding hydrogens is 440 g/mol. The summed E-state index contributed by atoms with van der Waals surface area (Å²) in [6.45, 7) is -0.0911. The Morgan fingerprint density at radius 3 is 2.41 bits per heavy atom. The number of benzene rings is 2. The molecule has 1 aliphatic rings. The minimum atomic E-state index is -1.99. The van der Waals surface area contributed by atoms with Crippen LogP contribution >= 0.6 is 11.6 Å². The van der Waals surface area contributed by atoms with Crippen LogP contribution in [0.25, 0.3) is 0 Å². The minimum absolute atomic E-state index is 0.0376. The standard InChI is InChI=1S/C23H29ClO8/c24-18-6-3-14(20(27)22(29)23(30)21(28)19(26)11-25)10-15(18)9-13-1-4-16(5-2-13)32-17-7-8-31-12-17/h1-6,10,17,19-23,25-30H,7-9,11-12H2/t17-,19+,20+,21+,22-,23-/m0/s1/i1D,2D,4D,5D. The molecule has 3 rings (SSSR count). The molecule has 0 bridgehead atoms. The van der Waals surface area contributed by atoms with Gasteiger partial charge < -0.3 is 40.1 Å². The lowest BCUT2D eigenvalue weighted by atomic mass is 9.93. The molecule has 0 aromatic heterocycles. The highest BCUT2D eigenvalue weighted by atomic mass is 35.5. The van der Waals surface area contributed by atoms with Crippen molar-refractivity contribution in [2.45, 2.75) is 49.5 Å². The van der Waals surface area contributed by atoms with Gasteiger partial charge in [-0.05, 0) is 41.3 Å². The molecule has 8 nitrogen and oxygen atoms in total. The van der Waals surface area contributed by atoms with Gasteiger partial charge in [0.1, 0.15) is 42.4 Å². The second kappa shape index (κ2) is 11.4. The molecular formula is C23H29ClO8. The summed E-state index contributed by atoms with van der Waals surface area (Å²) < 4.78 is 44.3. The fraction of sp³-hybridized carbons (Fsp3) is 0.478. The third kappa shape index (κ3) is 6.18. The van der Waals surface area contributed by atoms with E-state index < -0.39 is 37.1 Å². The van der Waals surface area contributed by atoms with Gasteiger partial charge in [0.05, 0.1) is 25.3 Å². The Kier molecular flexibility index (Phi) is 7.02. The lowest BCUT2D eigenvalue weighted by Crippen LogP contribution is -2.47. The first-order valence-corrected chi connectivity index (χ1v) is 10.5. The Hall–Kier alpha value is -1.75. The molecule has 176 valence electrons. The van der Waals surface area contributed by atoms with E-state index in [1.54, 1.807) is 0 Å². The van der Waals surface area contributed by atoms with E-state index in [0.717, 1.165) is 0 Å². The highest BCUT2D eigenvalue weighted by Crippen LogP contribution is 2.28. The van der Waals surface area contributed by atoms with Crippen molar-refractivity contribution in [1.29, 1.82) is 0 Å². The topological polar surface area (TPSA) is 140 Å². The molecule has 1 saturated heterocycles. The number of halogens is 1. The maximum absolute atomic E-state index is 10.5. The number of hydrogen-bond donors (Lipinski definition) is 6. The first-order valence-electron chi connectivity index (χ1n) is 12.1. The van der Waals surface area contributed by atoms with Gasteiger partial charge in [-0.1, -0.05) is 35.8 Å². The molecule has 32 heavy (non-hydrogen) atoms. The smallest absolute Gasteiger partial charge is 0.124 e. The lowest BCUT2D eigenvalue weighted by molar-refractivity contribution is -0.141. The fourth-order valence-corrected chi connectivity index (χ4v) is 3.46. The third-order valence-electron chi connectivity index (χ3n) is 5.21. The molecule has 1 fully saturated rings. The Bertz CT molecular complexity index is 1040. The zero-order valence-corrected chi connectivity index (χ0v) is 17.9. The van der Waals surface area contributed by atoms with E-state index in [0.29, 0.717) is 25.2 Å². The van der Waals surface area contributed by atoms with Crippen molar-refractivity contribution >= 4 is 11.6 Å². The van der Waals surface area contributed by atoms with Gasteiger partial charge in [0.2, 0.25) is 0 Å². The first-order chi connectivity index (χ1) is 17.0. The maximum atomic E-state index is 10.5. The van der Waals surface area contributed by atoms with Crippen LogP contribution in [-0.4, -0.2) is 81.0 Å². The lowest BCUT2D eigenvalue weighted by Gasteiger charge is -2.28. The Morgan fingerprint density at radius 2 is 1.78 bits per heavy atom.